The summed E-state index contributed by atoms with van der Waals surface area (Å²) in [5.74, 6) is 0. The molecule has 2 saturated heterocycles. The fourth-order valence-corrected chi connectivity index (χ4v) is 3.88. The van der Waals surface area contributed by atoms with Gasteiger partial charge in [0.05, 0.1) is 17.1 Å². The molecule has 6 heteroatoms. The van der Waals surface area contributed by atoms with Gasteiger partial charge in [-0.25, -0.2) is 4.79 Å². The standard InChI is InChI=1S/C17H25N5O/c1-20-16-11-13(21-9-7-18-8-10-21)4-5-15(16)22(17(20)23)14-3-2-6-19-12-14/h4-5,11,14,18-19H,2-3,6-10,12H2,1H3. The Morgan fingerprint density at radius 2 is 1.91 bits per heavy atom. The van der Waals surface area contributed by atoms with Crippen molar-refractivity contribution in [2.75, 3.05) is 44.2 Å². The van der Waals surface area contributed by atoms with Crippen LogP contribution in [0.2, 0.25) is 0 Å². The number of piperidine rings is 1. The molecule has 2 N–H and O–H groups in total. The number of aryl methyl sites for hydroxylation is 1. The molecule has 2 aromatic rings. The predicted molar refractivity (Wildman–Crippen MR) is 93.4 cm³/mol. The zero-order valence-corrected chi connectivity index (χ0v) is 13.7. The summed E-state index contributed by atoms with van der Waals surface area (Å²) < 4.78 is 3.79. The van der Waals surface area contributed by atoms with Crippen LogP contribution in [-0.4, -0.2) is 48.4 Å². The van der Waals surface area contributed by atoms with Crippen molar-refractivity contribution in [1.82, 2.24) is 19.8 Å². The van der Waals surface area contributed by atoms with E-state index >= 15 is 0 Å². The lowest BCUT2D eigenvalue weighted by atomic mass is 10.1. The van der Waals surface area contributed by atoms with Gasteiger partial charge in [-0.3, -0.25) is 9.13 Å². The number of rotatable bonds is 2. The highest BCUT2D eigenvalue weighted by Crippen LogP contribution is 2.25. The Balaban J connectivity index is 1.77. The number of benzene rings is 1. The third-order valence-electron chi connectivity index (χ3n) is 5.19. The Morgan fingerprint density at radius 3 is 2.65 bits per heavy atom. The summed E-state index contributed by atoms with van der Waals surface area (Å²) >= 11 is 0. The number of hydrogen-bond acceptors (Lipinski definition) is 4. The molecule has 1 atom stereocenters. The molecule has 2 aliphatic rings. The summed E-state index contributed by atoms with van der Waals surface area (Å²) in [4.78, 5) is 15.1. The molecule has 3 heterocycles. The highest BCUT2D eigenvalue weighted by molar-refractivity contribution is 5.80. The third kappa shape index (κ3) is 2.56. The zero-order valence-electron chi connectivity index (χ0n) is 13.7. The Morgan fingerprint density at radius 1 is 1.09 bits per heavy atom. The van der Waals surface area contributed by atoms with Gasteiger partial charge in [-0.05, 0) is 37.6 Å². The van der Waals surface area contributed by atoms with E-state index in [4.69, 9.17) is 0 Å². The number of fused-ring (bicyclic) bond motifs is 1. The first-order valence-electron chi connectivity index (χ1n) is 8.63. The molecule has 124 valence electrons. The average Bonchev–Trinajstić information content (AvgIpc) is 2.87. The van der Waals surface area contributed by atoms with Gasteiger partial charge >= 0.3 is 5.69 Å². The lowest BCUT2D eigenvalue weighted by Crippen LogP contribution is -2.43. The first-order valence-corrected chi connectivity index (χ1v) is 8.63. The van der Waals surface area contributed by atoms with Gasteiger partial charge in [-0.15, -0.1) is 0 Å². The van der Waals surface area contributed by atoms with E-state index in [1.165, 1.54) is 5.69 Å². The van der Waals surface area contributed by atoms with Crippen molar-refractivity contribution in [3.63, 3.8) is 0 Å². The molecule has 0 aliphatic carbocycles. The molecule has 0 bridgehead atoms. The molecule has 23 heavy (non-hydrogen) atoms. The molecule has 1 aromatic carbocycles. The largest absolute Gasteiger partial charge is 0.369 e. The number of piperazine rings is 1. The maximum absolute atomic E-state index is 12.7. The van der Waals surface area contributed by atoms with Crippen LogP contribution in [0.5, 0.6) is 0 Å². The number of nitrogens with zero attached hydrogens (tertiary/aromatic N) is 3. The van der Waals surface area contributed by atoms with E-state index in [2.05, 4.69) is 33.7 Å². The van der Waals surface area contributed by atoms with Crippen molar-refractivity contribution in [3.8, 4) is 0 Å². The van der Waals surface area contributed by atoms with Crippen molar-refractivity contribution in [3.05, 3.63) is 28.7 Å². The van der Waals surface area contributed by atoms with Crippen LogP contribution in [0.25, 0.3) is 11.0 Å². The van der Waals surface area contributed by atoms with Gasteiger partial charge in [-0.2, -0.15) is 0 Å². The topological polar surface area (TPSA) is 54.2 Å². The number of nitrogens with one attached hydrogen (secondary N) is 2. The smallest absolute Gasteiger partial charge is 0.329 e. The van der Waals surface area contributed by atoms with Gasteiger partial charge in [0.15, 0.2) is 0 Å². The fraction of sp³-hybridized carbons (Fsp3) is 0.588. The van der Waals surface area contributed by atoms with Crippen LogP contribution in [0.15, 0.2) is 23.0 Å². The number of imidazole rings is 1. The normalized spacial score (nSPS) is 22.7. The van der Waals surface area contributed by atoms with Crippen LogP contribution in [0.3, 0.4) is 0 Å². The van der Waals surface area contributed by atoms with E-state index < -0.39 is 0 Å². The van der Waals surface area contributed by atoms with Crippen molar-refractivity contribution < 1.29 is 0 Å². The van der Waals surface area contributed by atoms with Crippen LogP contribution in [-0.2, 0) is 7.05 Å². The van der Waals surface area contributed by atoms with Crippen molar-refractivity contribution in [2.45, 2.75) is 18.9 Å². The number of aromatic nitrogens is 2. The molecule has 0 spiro atoms. The van der Waals surface area contributed by atoms with Gasteiger partial charge in [0.25, 0.3) is 0 Å². The molecule has 0 radical (unpaired) electrons. The summed E-state index contributed by atoms with van der Waals surface area (Å²) in [7, 11) is 1.89. The second kappa shape index (κ2) is 6.02. The van der Waals surface area contributed by atoms with Crippen LogP contribution in [0.1, 0.15) is 18.9 Å². The molecule has 2 fully saturated rings. The minimum Gasteiger partial charge on any atom is -0.369 e. The Labute approximate surface area is 136 Å². The van der Waals surface area contributed by atoms with E-state index in [9.17, 15) is 4.79 Å². The minimum atomic E-state index is 0.103. The summed E-state index contributed by atoms with van der Waals surface area (Å²) in [5, 5.41) is 6.79. The second-order valence-corrected chi connectivity index (χ2v) is 6.62. The highest BCUT2D eigenvalue weighted by atomic mass is 16.1. The Bertz CT molecular complexity index is 750. The molecule has 6 nitrogen and oxygen atoms in total. The molecule has 1 unspecified atom stereocenters. The van der Waals surface area contributed by atoms with E-state index in [0.29, 0.717) is 0 Å². The monoisotopic (exact) mass is 315 g/mol. The molecule has 2 aliphatic heterocycles. The first-order chi connectivity index (χ1) is 11.3. The number of hydrogen-bond donors (Lipinski definition) is 2. The first kappa shape index (κ1) is 14.8. The molecular weight excluding hydrogens is 290 g/mol. The molecule has 0 saturated carbocycles. The summed E-state index contributed by atoms with van der Waals surface area (Å²) in [6, 6.07) is 6.74. The van der Waals surface area contributed by atoms with Crippen LogP contribution in [0, 0.1) is 0 Å². The Kier molecular flexibility index (Phi) is 3.87. The van der Waals surface area contributed by atoms with E-state index in [1.54, 1.807) is 4.57 Å². The van der Waals surface area contributed by atoms with Crippen molar-refractivity contribution in [2.24, 2.45) is 7.05 Å². The van der Waals surface area contributed by atoms with Crippen molar-refractivity contribution in [1.29, 1.82) is 0 Å². The molecule has 4 rings (SSSR count). The van der Waals surface area contributed by atoms with Gasteiger partial charge in [0.2, 0.25) is 0 Å². The van der Waals surface area contributed by atoms with Crippen molar-refractivity contribution >= 4 is 16.7 Å². The number of anilines is 1. The van der Waals surface area contributed by atoms with E-state index in [1.807, 2.05) is 11.6 Å². The average molecular weight is 315 g/mol. The third-order valence-corrected chi connectivity index (χ3v) is 5.19. The zero-order chi connectivity index (χ0) is 15.8. The lowest BCUT2D eigenvalue weighted by Gasteiger charge is -2.29. The highest BCUT2D eigenvalue weighted by Gasteiger charge is 2.22. The van der Waals surface area contributed by atoms with Crippen LogP contribution in [0.4, 0.5) is 5.69 Å². The SMILES string of the molecule is Cn1c(=O)n(C2CCCNC2)c2ccc(N3CCNCC3)cc21. The molecule has 1 aromatic heterocycles. The van der Waals surface area contributed by atoms with E-state index in [-0.39, 0.29) is 11.7 Å². The summed E-state index contributed by atoms with van der Waals surface area (Å²) in [5.41, 5.74) is 3.42. The molecule has 0 amide bonds. The minimum absolute atomic E-state index is 0.103. The van der Waals surface area contributed by atoms with Gasteiger partial charge in [-0.1, -0.05) is 0 Å². The molecular formula is C17H25N5O. The lowest BCUT2D eigenvalue weighted by molar-refractivity contribution is 0.369. The Hall–Kier alpha value is -1.79. The van der Waals surface area contributed by atoms with Crippen LogP contribution < -0.4 is 21.2 Å². The maximum Gasteiger partial charge on any atom is 0.329 e. The van der Waals surface area contributed by atoms with E-state index in [0.717, 1.165) is 63.1 Å². The summed E-state index contributed by atoms with van der Waals surface area (Å²) in [6.07, 6.45) is 2.21. The summed E-state index contributed by atoms with van der Waals surface area (Å²) in [6.45, 7) is 6.03. The maximum atomic E-state index is 12.7. The van der Waals surface area contributed by atoms with Gasteiger partial charge in [0, 0.05) is 45.5 Å². The fourth-order valence-electron chi connectivity index (χ4n) is 3.88. The quantitative estimate of drug-likeness (QED) is 0.855. The van der Waals surface area contributed by atoms with Crippen LogP contribution >= 0.6 is 0 Å². The van der Waals surface area contributed by atoms with Gasteiger partial charge < -0.3 is 15.5 Å². The van der Waals surface area contributed by atoms with Gasteiger partial charge in [0.1, 0.15) is 0 Å². The second-order valence-electron chi connectivity index (χ2n) is 6.62. The predicted octanol–water partition coefficient (Wildman–Crippen LogP) is 0.674.